The summed E-state index contributed by atoms with van der Waals surface area (Å²) in [5.41, 5.74) is 12.4. The van der Waals surface area contributed by atoms with Crippen LogP contribution >= 0.6 is 0 Å². The van der Waals surface area contributed by atoms with Gasteiger partial charge in [0.15, 0.2) is 5.69 Å². The molecular formula is C13H25N5O. The van der Waals surface area contributed by atoms with Crippen molar-refractivity contribution in [3.05, 3.63) is 12.0 Å². The lowest BCUT2D eigenvalue weighted by Crippen LogP contribution is -2.24. The Bertz CT molecular complexity index is 444. The van der Waals surface area contributed by atoms with Crippen LogP contribution in [-0.4, -0.2) is 28.2 Å². The molecule has 0 fully saturated rings. The minimum atomic E-state index is -0.305. The van der Waals surface area contributed by atoms with Gasteiger partial charge >= 0.3 is 0 Å². The van der Waals surface area contributed by atoms with Crippen LogP contribution in [0.1, 0.15) is 46.7 Å². The largest absolute Gasteiger partial charge is 0.477 e. The highest BCUT2D eigenvalue weighted by molar-refractivity contribution is 5.96. The zero-order valence-corrected chi connectivity index (χ0v) is 12.5. The summed E-state index contributed by atoms with van der Waals surface area (Å²) < 4.78 is 7.42. The first-order chi connectivity index (χ1) is 8.81. The van der Waals surface area contributed by atoms with E-state index in [1.54, 1.807) is 6.33 Å². The number of nitrogens with zero attached hydrogens (tertiary/aromatic N) is 3. The smallest absolute Gasteiger partial charge is 0.240 e. The van der Waals surface area contributed by atoms with Gasteiger partial charge in [-0.05, 0) is 34.1 Å². The first-order valence-electron chi connectivity index (χ1n) is 6.61. The third-order valence-corrected chi connectivity index (χ3v) is 2.71. The van der Waals surface area contributed by atoms with E-state index in [9.17, 15) is 0 Å². The monoisotopic (exact) mass is 267 g/mol. The van der Waals surface area contributed by atoms with Crippen molar-refractivity contribution in [3.63, 3.8) is 0 Å². The molecule has 1 heterocycles. The molecule has 1 aromatic rings. The Labute approximate surface area is 114 Å². The number of hydrogen-bond donors (Lipinski definition) is 2. The molecule has 1 rings (SSSR count). The van der Waals surface area contributed by atoms with Gasteiger partial charge in [-0.2, -0.15) is 0 Å². The van der Waals surface area contributed by atoms with Crippen LogP contribution in [0.4, 0.5) is 5.82 Å². The van der Waals surface area contributed by atoms with Gasteiger partial charge in [-0.3, -0.25) is 0 Å². The zero-order valence-electron chi connectivity index (χ0n) is 12.5. The Balaban J connectivity index is 3.18. The van der Waals surface area contributed by atoms with Crippen molar-refractivity contribution >= 4 is 11.7 Å². The maximum Gasteiger partial charge on any atom is 0.240 e. The summed E-state index contributed by atoms with van der Waals surface area (Å²) >= 11 is 0. The van der Waals surface area contributed by atoms with Gasteiger partial charge in [-0.15, -0.1) is 0 Å². The third kappa shape index (κ3) is 3.70. The van der Waals surface area contributed by atoms with Crippen LogP contribution in [0.25, 0.3) is 0 Å². The molecule has 0 amide bonds. The minimum absolute atomic E-state index is 0.139. The fourth-order valence-corrected chi connectivity index (χ4v) is 1.60. The first kappa shape index (κ1) is 15.5. The third-order valence-electron chi connectivity index (χ3n) is 2.71. The molecule has 0 aromatic carbocycles. The Hall–Kier alpha value is -1.56. The molecule has 0 aliphatic carbocycles. The van der Waals surface area contributed by atoms with Gasteiger partial charge in [-0.25, -0.2) is 9.98 Å². The lowest BCUT2D eigenvalue weighted by molar-refractivity contribution is 0.323. The number of aliphatic imine (C=N–C) groups is 1. The number of anilines is 1. The number of hydrogen-bond acceptors (Lipinski definition) is 5. The van der Waals surface area contributed by atoms with Gasteiger partial charge in [0, 0.05) is 5.54 Å². The molecule has 19 heavy (non-hydrogen) atoms. The zero-order chi connectivity index (χ0) is 14.6. The van der Waals surface area contributed by atoms with Crippen molar-refractivity contribution in [1.29, 1.82) is 0 Å². The Morgan fingerprint density at radius 1 is 1.47 bits per heavy atom. The van der Waals surface area contributed by atoms with Crippen LogP contribution in [-0.2, 0) is 10.3 Å². The highest BCUT2D eigenvalue weighted by atomic mass is 16.5. The van der Waals surface area contributed by atoms with Crippen molar-refractivity contribution in [2.24, 2.45) is 10.7 Å². The van der Waals surface area contributed by atoms with Crippen LogP contribution in [0.2, 0.25) is 0 Å². The lowest BCUT2D eigenvalue weighted by Gasteiger charge is -2.22. The van der Waals surface area contributed by atoms with Gasteiger partial charge in [0.1, 0.15) is 12.0 Å². The highest BCUT2D eigenvalue weighted by Gasteiger charge is 2.22. The molecule has 108 valence electrons. The number of nitrogens with two attached hydrogens (primary N) is 2. The van der Waals surface area contributed by atoms with Crippen molar-refractivity contribution in [1.82, 2.24) is 9.55 Å². The number of rotatable bonds is 4. The molecule has 4 N–H and O–H groups in total. The van der Waals surface area contributed by atoms with E-state index in [4.69, 9.17) is 16.2 Å². The molecule has 0 saturated carbocycles. The maximum atomic E-state index is 6.14. The Morgan fingerprint density at radius 2 is 2.11 bits per heavy atom. The molecular weight excluding hydrogens is 242 g/mol. The summed E-state index contributed by atoms with van der Waals surface area (Å²) in [6, 6.07) is 0. The Morgan fingerprint density at radius 3 is 2.53 bits per heavy atom. The van der Waals surface area contributed by atoms with E-state index in [1.807, 2.05) is 18.4 Å². The van der Waals surface area contributed by atoms with Gasteiger partial charge in [0.05, 0.1) is 12.9 Å². The lowest BCUT2D eigenvalue weighted by atomic mass is 10.1. The van der Waals surface area contributed by atoms with Crippen molar-refractivity contribution in [3.8, 4) is 0 Å². The van der Waals surface area contributed by atoms with Crippen LogP contribution in [0.15, 0.2) is 11.3 Å². The summed E-state index contributed by atoms with van der Waals surface area (Å²) in [6.45, 7) is 10.5. The molecule has 0 aliphatic heterocycles. The summed E-state index contributed by atoms with van der Waals surface area (Å²) in [7, 11) is 0. The maximum absolute atomic E-state index is 6.14. The minimum Gasteiger partial charge on any atom is -0.477 e. The van der Waals surface area contributed by atoms with E-state index in [1.165, 1.54) is 0 Å². The van der Waals surface area contributed by atoms with Crippen LogP contribution < -0.4 is 11.5 Å². The Kier molecular flexibility index (Phi) is 4.94. The molecule has 0 radical (unpaired) electrons. The van der Waals surface area contributed by atoms with Gasteiger partial charge < -0.3 is 20.8 Å². The number of nitrogen functional groups attached to an aromatic ring is 1. The topological polar surface area (TPSA) is 91.5 Å². The average Bonchev–Trinajstić information content (AvgIpc) is 2.70. The molecule has 0 aliphatic rings. The summed E-state index contributed by atoms with van der Waals surface area (Å²) in [4.78, 5) is 8.64. The SMILES string of the molecule is CCO/C(=N/C(N)CC)c1ncn(C(C)(C)C)c1N. The van der Waals surface area contributed by atoms with Gasteiger partial charge in [0.25, 0.3) is 0 Å². The van der Waals surface area contributed by atoms with Gasteiger partial charge in [-0.1, -0.05) is 6.92 Å². The van der Waals surface area contributed by atoms with E-state index < -0.39 is 0 Å². The van der Waals surface area contributed by atoms with Gasteiger partial charge in [0.2, 0.25) is 5.90 Å². The van der Waals surface area contributed by atoms with E-state index in [0.717, 1.165) is 6.42 Å². The fourth-order valence-electron chi connectivity index (χ4n) is 1.60. The van der Waals surface area contributed by atoms with Crippen LogP contribution in [0, 0.1) is 0 Å². The average molecular weight is 267 g/mol. The molecule has 1 atom stereocenters. The van der Waals surface area contributed by atoms with E-state index >= 15 is 0 Å². The fraction of sp³-hybridized carbons (Fsp3) is 0.692. The quantitative estimate of drug-likeness (QED) is 0.641. The number of imidazole rings is 1. The molecule has 0 saturated heterocycles. The highest BCUT2D eigenvalue weighted by Crippen LogP contribution is 2.22. The molecule has 0 spiro atoms. The molecule has 0 bridgehead atoms. The number of ether oxygens (including phenoxy) is 1. The molecule has 6 heteroatoms. The van der Waals surface area contributed by atoms with Crippen molar-refractivity contribution in [2.45, 2.75) is 52.7 Å². The molecule has 6 nitrogen and oxygen atoms in total. The number of aromatic nitrogens is 2. The van der Waals surface area contributed by atoms with E-state index in [-0.39, 0.29) is 11.7 Å². The predicted molar refractivity (Wildman–Crippen MR) is 78.1 cm³/mol. The van der Waals surface area contributed by atoms with Crippen LogP contribution in [0.5, 0.6) is 0 Å². The van der Waals surface area contributed by atoms with Crippen molar-refractivity contribution < 1.29 is 4.74 Å². The second kappa shape index (κ2) is 6.06. The first-order valence-corrected chi connectivity index (χ1v) is 6.61. The summed E-state index contributed by atoms with van der Waals surface area (Å²) in [5.74, 6) is 0.959. The van der Waals surface area contributed by atoms with Crippen molar-refractivity contribution in [2.75, 3.05) is 12.3 Å². The second-order valence-electron chi connectivity index (χ2n) is 5.36. The summed E-state index contributed by atoms with van der Waals surface area (Å²) in [6.07, 6.45) is 2.13. The molecule has 1 aromatic heterocycles. The normalized spacial score (nSPS) is 14.5. The van der Waals surface area contributed by atoms with Crippen LogP contribution in [0.3, 0.4) is 0 Å². The second-order valence-corrected chi connectivity index (χ2v) is 5.36. The summed E-state index contributed by atoms with van der Waals surface area (Å²) in [5, 5.41) is 0. The predicted octanol–water partition coefficient (Wildman–Crippen LogP) is 1.70. The standard InChI is InChI=1S/C13H25N5O/c1-6-9(14)17-12(19-7-2)10-11(15)18(8-16-10)13(3,4)5/h8-9H,6-7,14-15H2,1-5H3/b17-12+. The molecule has 1 unspecified atom stereocenters. The van der Waals surface area contributed by atoms with E-state index in [2.05, 4.69) is 30.7 Å². The van der Waals surface area contributed by atoms with E-state index in [0.29, 0.717) is 24.0 Å².